The Morgan fingerprint density at radius 2 is 2.11 bits per heavy atom. The Labute approximate surface area is 169 Å². The number of thiophene rings is 1. The predicted octanol–water partition coefficient (Wildman–Crippen LogP) is 3.86. The second-order valence-corrected chi connectivity index (χ2v) is 10.3. The van der Waals surface area contributed by atoms with Crippen LogP contribution in [0, 0.1) is 11.8 Å². The van der Waals surface area contributed by atoms with Crippen LogP contribution in [-0.2, 0) is 24.2 Å². The molecule has 148 valence electrons. The third-order valence-corrected chi connectivity index (χ3v) is 6.83. The maximum atomic E-state index is 13.3. The molecule has 27 heavy (non-hydrogen) atoms. The van der Waals surface area contributed by atoms with Gasteiger partial charge in [-0.2, -0.15) is 0 Å². The van der Waals surface area contributed by atoms with Crippen molar-refractivity contribution in [1.29, 1.82) is 0 Å². The summed E-state index contributed by atoms with van der Waals surface area (Å²) in [6, 6.07) is 0.109. The van der Waals surface area contributed by atoms with E-state index in [0.717, 1.165) is 29.5 Å². The van der Waals surface area contributed by atoms with E-state index >= 15 is 0 Å². The summed E-state index contributed by atoms with van der Waals surface area (Å²) in [7, 11) is 0. The van der Waals surface area contributed by atoms with Gasteiger partial charge in [-0.25, -0.2) is 4.98 Å². The topological polar surface area (TPSA) is 64.0 Å². The van der Waals surface area contributed by atoms with E-state index in [-0.39, 0.29) is 23.3 Å². The third-order valence-electron chi connectivity index (χ3n) is 4.71. The van der Waals surface area contributed by atoms with Crippen LogP contribution in [0.25, 0.3) is 10.2 Å². The van der Waals surface area contributed by atoms with Crippen LogP contribution in [0.15, 0.2) is 9.95 Å². The van der Waals surface area contributed by atoms with Gasteiger partial charge in [0.05, 0.1) is 11.1 Å². The molecule has 3 rings (SSSR count). The minimum absolute atomic E-state index is 0.0280. The van der Waals surface area contributed by atoms with E-state index in [9.17, 15) is 9.59 Å². The maximum Gasteiger partial charge on any atom is 0.263 e. The normalized spacial score (nSPS) is 16.9. The van der Waals surface area contributed by atoms with E-state index in [1.807, 2.05) is 13.8 Å². The number of carbonyl (C=O) groups excluding carboxylic acids is 1. The number of amides is 1. The standard InChI is InChI=1S/C20H29N3O2S2/c1-11(2)9-23-19(25)17-14-7-6-13(5)8-15(14)27-18(17)22-20(23)26-10-16(24)21-12(3)4/h11-13H,6-10H2,1-5H3,(H,21,24)/t13-/m1/s1. The molecule has 0 aromatic carbocycles. The number of rotatable bonds is 6. The highest BCUT2D eigenvalue weighted by atomic mass is 32.2. The van der Waals surface area contributed by atoms with E-state index in [4.69, 9.17) is 4.98 Å². The lowest BCUT2D eigenvalue weighted by Gasteiger charge is -2.18. The molecule has 1 atom stereocenters. The molecule has 0 radical (unpaired) electrons. The van der Waals surface area contributed by atoms with Crippen LogP contribution in [0.4, 0.5) is 0 Å². The highest BCUT2D eigenvalue weighted by Gasteiger charge is 2.25. The zero-order valence-electron chi connectivity index (χ0n) is 16.8. The number of aryl methyl sites for hydroxylation is 1. The quantitative estimate of drug-likeness (QED) is 0.583. The molecular weight excluding hydrogens is 378 g/mol. The number of nitrogens with one attached hydrogen (secondary N) is 1. The van der Waals surface area contributed by atoms with Crippen molar-refractivity contribution >= 4 is 39.2 Å². The number of hydrogen-bond donors (Lipinski definition) is 1. The fourth-order valence-corrected chi connectivity index (χ4v) is 5.78. The van der Waals surface area contributed by atoms with E-state index in [1.165, 1.54) is 22.2 Å². The lowest BCUT2D eigenvalue weighted by Crippen LogP contribution is -2.32. The van der Waals surface area contributed by atoms with Crippen molar-refractivity contribution in [3.05, 3.63) is 20.8 Å². The van der Waals surface area contributed by atoms with Gasteiger partial charge < -0.3 is 5.32 Å². The summed E-state index contributed by atoms with van der Waals surface area (Å²) < 4.78 is 1.78. The van der Waals surface area contributed by atoms with Gasteiger partial charge in [-0.1, -0.05) is 32.5 Å². The first kappa shape index (κ1) is 20.4. The van der Waals surface area contributed by atoms with Gasteiger partial charge in [-0.15, -0.1) is 11.3 Å². The summed E-state index contributed by atoms with van der Waals surface area (Å²) in [4.78, 5) is 32.4. The highest BCUT2D eigenvalue weighted by Crippen LogP contribution is 2.36. The van der Waals surface area contributed by atoms with Gasteiger partial charge in [0.2, 0.25) is 5.91 Å². The van der Waals surface area contributed by atoms with Gasteiger partial charge in [-0.3, -0.25) is 14.2 Å². The van der Waals surface area contributed by atoms with Crippen molar-refractivity contribution in [1.82, 2.24) is 14.9 Å². The molecule has 5 nitrogen and oxygen atoms in total. The van der Waals surface area contributed by atoms with E-state index in [2.05, 4.69) is 26.1 Å². The second-order valence-electron chi connectivity index (χ2n) is 8.25. The van der Waals surface area contributed by atoms with E-state index < -0.39 is 0 Å². The Balaban J connectivity index is 2.01. The fraction of sp³-hybridized carbons (Fsp3) is 0.650. The van der Waals surface area contributed by atoms with Crippen molar-refractivity contribution in [3.8, 4) is 0 Å². The van der Waals surface area contributed by atoms with Crippen molar-refractivity contribution in [3.63, 3.8) is 0 Å². The van der Waals surface area contributed by atoms with Gasteiger partial charge >= 0.3 is 0 Å². The van der Waals surface area contributed by atoms with Crippen LogP contribution < -0.4 is 10.9 Å². The number of aromatic nitrogens is 2. The number of fused-ring (bicyclic) bond motifs is 3. The molecule has 1 N–H and O–H groups in total. The summed E-state index contributed by atoms with van der Waals surface area (Å²) in [5.41, 5.74) is 1.28. The molecule has 1 aliphatic carbocycles. The molecule has 1 aliphatic rings. The molecule has 1 amide bonds. The van der Waals surface area contributed by atoms with Crippen molar-refractivity contribution in [2.24, 2.45) is 11.8 Å². The number of carbonyl (C=O) groups is 1. The smallest absolute Gasteiger partial charge is 0.263 e. The summed E-state index contributed by atoms with van der Waals surface area (Å²) >= 11 is 3.03. The molecule has 0 fully saturated rings. The summed E-state index contributed by atoms with van der Waals surface area (Å²) in [6.45, 7) is 11.0. The van der Waals surface area contributed by atoms with Gasteiger partial charge in [-0.05, 0) is 50.5 Å². The second kappa shape index (κ2) is 8.35. The zero-order chi connectivity index (χ0) is 19.7. The van der Waals surface area contributed by atoms with Gasteiger partial charge in [0.1, 0.15) is 4.83 Å². The van der Waals surface area contributed by atoms with Gasteiger partial charge in [0.25, 0.3) is 5.56 Å². The Kier molecular flexibility index (Phi) is 6.31. The minimum atomic E-state index is -0.0280. The lowest BCUT2D eigenvalue weighted by molar-refractivity contribution is -0.119. The number of nitrogens with zero attached hydrogens (tertiary/aromatic N) is 2. The Morgan fingerprint density at radius 3 is 2.78 bits per heavy atom. The Hall–Kier alpha value is -1.34. The van der Waals surface area contributed by atoms with Crippen molar-refractivity contribution in [2.75, 3.05) is 5.75 Å². The van der Waals surface area contributed by atoms with Crippen LogP contribution in [0.5, 0.6) is 0 Å². The molecule has 2 aromatic heterocycles. The van der Waals surface area contributed by atoms with Crippen LogP contribution >= 0.6 is 23.1 Å². The Morgan fingerprint density at radius 1 is 1.37 bits per heavy atom. The Bertz CT molecular complexity index is 899. The monoisotopic (exact) mass is 407 g/mol. The van der Waals surface area contributed by atoms with Gasteiger partial charge in [0, 0.05) is 17.5 Å². The first-order valence-electron chi connectivity index (χ1n) is 9.73. The molecule has 0 spiro atoms. The molecule has 0 saturated carbocycles. The molecule has 0 bridgehead atoms. The molecule has 0 saturated heterocycles. The molecule has 7 heteroatoms. The van der Waals surface area contributed by atoms with Gasteiger partial charge in [0.15, 0.2) is 5.16 Å². The van der Waals surface area contributed by atoms with Crippen LogP contribution in [-0.4, -0.2) is 27.3 Å². The fourth-order valence-electron chi connectivity index (χ4n) is 3.53. The SMILES string of the molecule is CC(C)Cn1c(SCC(=O)NC(C)C)nc2sc3c(c2c1=O)CC[C@@H](C)C3. The summed E-state index contributed by atoms with van der Waals surface area (Å²) in [5.74, 6) is 1.24. The molecule has 0 unspecified atom stereocenters. The van der Waals surface area contributed by atoms with E-state index in [1.54, 1.807) is 15.9 Å². The summed E-state index contributed by atoms with van der Waals surface area (Å²) in [5, 5.41) is 4.37. The lowest BCUT2D eigenvalue weighted by atomic mass is 9.89. The molecule has 2 aromatic rings. The van der Waals surface area contributed by atoms with Crippen LogP contribution in [0.1, 0.15) is 51.5 Å². The zero-order valence-corrected chi connectivity index (χ0v) is 18.4. The molecule has 0 aliphatic heterocycles. The van der Waals surface area contributed by atoms with Crippen LogP contribution in [0.2, 0.25) is 0 Å². The minimum Gasteiger partial charge on any atom is -0.353 e. The van der Waals surface area contributed by atoms with Crippen molar-refractivity contribution in [2.45, 2.75) is 71.6 Å². The number of thioether (sulfide) groups is 1. The highest BCUT2D eigenvalue weighted by molar-refractivity contribution is 7.99. The molecule has 2 heterocycles. The average Bonchev–Trinajstić information content (AvgIpc) is 2.92. The first-order valence-corrected chi connectivity index (χ1v) is 11.5. The molecular formula is C20H29N3O2S2. The first-order chi connectivity index (χ1) is 12.8. The maximum absolute atomic E-state index is 13.3. The average molecular weight is 408 g/mol. The summed E-state index contributed by atoms with van der Waals surface area (Å²) in [6.07, 6.45) is 3.14. The number of hydrogen-bond acceptors (Lipinski definition) is 5. The van der Waals surface area contributed by atoms with Crippen molar-refractivity contribution < 1.29 is 4.79 Å². The third kappa shape index (κ3) is 4.57. The van der Waals surface area contributed by atoms with E-state index in [0.29, 0.717) is 23.5 Å². The predicted molar refractivity (Wildman–Crippen MR) is 114 cm³/mol. The van der Waals surface area contributed by atoms with Crippen LogP contribution in [0.3, 0.4) is 0 Å². The largest absolute Gasteiger partial charge is 0.353 e.